The number of halogens is 3. The first-order valence-corrected chi connectivity index (χ1v) is 6.02. The van der Waals surface area contributed by atoms with Gasteiger partial charge in [0, 0.05) is 37.1 Å². The molecule has 0 aliphatic carbocycles. The van der Waals surface area contributed by atoms with Crippen molar-refractivity contribution >= 4 is 11.4 Å². The van der Waals surface area contributed by atoms with Gasteiger partial charge in [-0.1, -0.05) is 0 Å². The first kappa shape index (κ1) is 15.5. The van der Waals surface area contributed by atoms with Crippen LogP contribution in [-0.2, 0) is 0 Å². The summed E-state index contributed by atoms with van der Waals surface area (Å²) in [6.07, 6.45) is -5.04. The molecule has 2 N–H and O–H groups in total. The lowest BCUT2D eigenvalue weighted by molar-refractivity contribution is -0.132. The topological polar surface area (TPSA) is 38.5 Å². The van der Waals surface area contributed by atoms with E-state index in [0.29, 0.717) is 17.1 Å². The van der Waals surface area contributed by atoms with Crippen LogP contribution in [0.25, 0.3) is 0 Å². The van der Waals surface area contributed by atoms with E-state index in [0.717, 1.165) is 0 Å². The molecule has 0 aliphatic rings. The van der Waals surface area contributed by atoms with Crippen molar-refractivity contribution in [3.8, 4) is 5.75 Å². The van der Waals surface area contributed by atoms with Crippen LogP contribution in [0.1, 0.15) is 20.3 Å². The van der Waals surface area contributed by atoms with Gasteiger partial charge in [-0.3, -0.25) is 0 Å². The number of benzene rings is 1. The molecule has 0 radical (unpaired) electrons. The number of anilines is 2. The second-order valence-electron chi connectivity index (χ2n) is 4.71. The maximum atomic E-state index is 12.2. The molecule has 0 aromatic heterocycles. The fourth-order valence-corrected chi connectivity index (χ4v) is 1.59. The number of nitrogens with zero attached hydrogens (tertiary/aromatic N) is 1. The maximum Gasteiger partial charge on any atom is 0.390 e. The van der Waals surface area contributed by atoms with Crippen molar-refractivity contribution in [2.24, 2.45) is 0 Å². The summed E-state index contributed by atoms with van der Waals surface area (Å²) in [4.78, 5) is 1.51. The Bertz CT molecular complexity index is 419. The summed E-state index contributed by atoms with van der Waals surface area (Å²) in [6.45, 7) is 3.63. The quantitative estimate of drug-likeness (QED) is 0.837. The lowest BCUT2D eigenvalue weighted by Gasteiger charge is -2.22. The van der Waals surface area contributed by atoms with Gasteiger partial charge in [0.25, 0.3) is 0 Å². The minimum Gasteiger partial charge on any atom is -0.491 e. The fourth-order valence-electron chi connectivity index (χ4n) is 1.59. The van der Waals surface area contributed by atoms with Gasteiger partial charge < -0.3 is 15.4 Å². The number of alkyl halides is 3. The Labute approximate surface area is 111 Å². The standard InChI is InChI=1S/C13H19F3N2O/c1-9(2)19-12-7-10(17)6-11(8-12)18(3)5-4-13(14,15)16/h6-9H,4-5,17H2,1-3H3. The number of nitrogens with two attached hydrogens (primary N) is 1. The van der Waals surface area contributed by atoms with Crippen molar-refractivity contribution in [3.05, 3.63) is 18.2 Å². The van der Waals surface area contributed by atoms with Gasteiger partial charge in [-0.15, -0.1) is 0 Å². The van der Waals surface area contributed by atoms with Crippen molar-refractivity contribution in [3.63, 3.8) is 0 Å². The lowest BCUT2D eigenvalue weighted by atomic mass is 10.2. The molecule has 1 aromatic carbocycles. The van der Waals surface area contributed by atoms with Crippen LogP contribution < -0.4 is 15.4 Å². The van der Waals surface area contributed by atoms with Crippen molar-refractivity contribution in [2.45, 2.75) is 32.5 Å². The molecule has 0 saturated carbocycles. The van der Waals surface area contributed by atoms with Gasteiger partial charge in [0.05, 0.1) is 12.5 Å². The molecule has 0 saturated heterocycles. The monoisotopic (exact) mass is 276 g/mol. The minimum absolute atomic E-state index is 0.0184. The van der Waals surface area contributed by atoms with E-state index in [1.807, 2.05) is 13.8 Å². The molecule has 3 nitrogen and oxygen atoms in total. The van der Waals surface area contributed by atoms with Crippen LogP contribution in [0, 0.1) is 0 Å². The number of hydrogen-bond donors (Lipinski definition) is 1. The van der Waals surface area contributed by atoms with Gasteiger partial charge in [-0.05, 0) is 19.9 Å². The van der Waals surface area contributed by atoms with Crippen LogP contribution in [-0.4, -0.2) is 25.9 Å². The Morgan fingerprint density at radius 3 is 2.42 bits per heavy atom. The van der Waals surface area contributed by atoms with E-state index in [1.165, 1.54) is 4.90 Å². The molecular weight excluding hydrogens is 257 g/mol. The minimum atomic E-state index is -4.16. The Kier molecular flexibility index (Phi) is 4.91. The Hall–Kier alpha value is -1.59. The Morgan fingerprint density at radius 1 is 1.26 bits per heavy atom. The van der Waals surface area contributed by atoms with Gasteiger partial charge in [0.15, 0.2) is 0 Å². The van der Waals surface area contributed by atoms with Gasteiger partial charge in [-0.25, -0.2) is 0 Å². The molecule has 0 heterocycles. The predicted molar refractivity (Wildman–Crippen MR) is 70.6 cm³/mol. The molecular formula is C13H19F3N2O. The Balaban J connectivity index is 2.79. The number of hydrogen-bond acceptors (Lipinski definition) is 3. The summed E-state index contributed by atoms with van der Waals surface area (Å²) in [6, 6.07) is 4.97. The molecule has 19 heavy (non-hydrogen) atoms. The van der Waals surface area contributed by atoms with Crippen LogP contribution in [0.2, 0.25) is 0 Å². The SMILES string of the molecule is CC(C)Oc1cc(N)cc(N(C)CCC(F)(F)F)c1. The fraction of sp³-hybridized carbons (Fsp3) is 0.538. The molecule has 1 rings (SSSR count). The van der Waals surface area contributed by atoms with Gasteiger partial charge in [0.2, 0.25) is 0 Å². The van der Waals surface area contributed by atoms with Crippen LogP contribution in [0.3, 0.4) is 0 Å². The van der Waals surface area contributed by atoms with Crippen molar-refractivity contribution in [2.75, 3.05) is 24.2 Å². The highest BCUT2D eigenvalue weighted by atomic mass is 19.4. The van der Waals surface area contributed by atoms with Crippen molar-refractivity contribution in [1.29, 1.82) is 0 Å². The predicted octanol–water partition coefficient (Wildman–Crippen LogP) is 3.44. The molecule has 108 valence electrons. The highest BCUT2D eigenvalue weighted by molar-refractivity contribution is 5.60. The van der Waals surface area contributed by atoms with Crippen LogP contribution >= 0.6 is 0 Å². The first-order chi connectivity index (χ1) is 8.67. The highest BCUT2D eigenvalue weighted by Crippen LogP contribution is 2.27. The zero-order valence-corrected chi connectivity index (χ0v) is 11.3. The van der Waals surface area contributed by atoms with Crippen LogP contribution in [0.4, 0.5) is 24.5 Å². The molecule has 0 atom stereocenters. The third-order valence-corrected chi connectivity index (χ3v) is 2.46. The van der Waals surface area contributed by atoms with Crippen molar-refractivity contribution in [1.82, 2.24) is 0 Å². The normalized spacial score (nSPS) is 11.7. The van der Waals surface area contributed by atoms with Gasteiger partial charge in [0.1, 0.15) is 5.75 Å². The van der Waals surface area contributed by atoms with Crippen LogP contribution in [0.5, 0.6) is 5.75 Å². The molecule has 0 aliphatic heterocycles. The summed E-state index contributed by atoms with van der Waals surface area (Å²) < 4.78 is 42.1. The van der Waals surface area contributed by atoms with E-state index in [1.54, 1.807) is 25.2 Å². The maximum absolute atomic E-state index is 12.2. The average Bonchev–Trinajstić information content (AvgIpc) is 2.23. The summed E-state index contributed by atoms with van der Waals surface area (Å²) >= 11 is 0. The summed E-state index contributed by atoms with van der Waals surface area (Å²) in [5.74, 6) is 0.559. The number of nitrogen functional groups attached to an aromatic ring is 1. The number of ether oxygens (including phenoxy) is 1. The van der Waals surface area contributed by atoms with Gasteiger partial charge in [-0.2, -0.15) is 13.2 Å². The second-order valence-corrected chi connectivity index (χ2v) is 4.71. The molecule has 0 amide bonds. The van der Waals surface area contributed by atoms with E-state index in [2.05, 4.69) is 0 Å². The Morgan fingerprint density at radius 2 is 1.89 bits per heavy atom. The first-order valence-electron chi connectivity index (χ1n) is 6.02. The largest absolute Gasteiger partial charge is 0.491 e. The van der Waals surface area contributed by atoms with E-state index >= 15 is 0 Å². The zero-order chi connectivity index (χ0) is 14.6. The molecule has 0 spiro atoms. The molecule has 1 aromatic rings. The summed E-state index contributed by atoms with van der Waals surface area (Å²) in [7, 11) is 1.60. The third-order valence-electron chi connectivity index (χ3n) is 2.46. The average molecular weight is 276 g/mol. The molecule has 6 heteroatoms. The van der Waals surface area contributed by atoms with E-state index in [9.17, 15) is 13.2 Å². The molecule has 0 fully saturated rings. The third kappa shape index (κ3) is 5.72. The van der Waals surface area contributed by atoms with Crippen molar-refractivity contribution < 1.29 is 17.9 Å². The lowest BCUT2D eigenvalue weighted by Crippen LogP contribution is -2.24. The van der Waals surface area contributed by atoms with Gasteiger partial charge >= 0.3 is 6.18 Å². The van der Waals surface area contributed by atoms with Crippen LogP contribution in [0.15, 0.2) is 18.2 Å². The highest BCUT2D eigenvalue weighted by Gasteiger charge is 2.27. The zero-order valence-electron chi connectivity index (χ0n) is 11.3. The summed E-state index contributed by atoms with van der Waals surface area (Å²) in [5.41, 5.74) is 6.80. The second kappa shape index (κ2) is 6.04. The van der Waals surface area contributed by atoms with E-state index in [-0.39, 0.29) is 12.6 Å². The smallest absolute Gasteiger partial charge is 0.390 e. The summed E-state index contributed by atoms with van der Waals surface area (Å²) in [5, 5.41) is 0. The molecule has 0 bridgehead atoms. The number of rotatable bonds is 5. The van der Waals surface area contributed by atoms with E-state index < -0.39 is 12.6 Å². The molecule has 0 unspecified atom stereocenters. The van der Waals surface area contributed by atoms with E-state index in [4.69, 9.17) is 10.5 Å².